The van der Waals surface area contributed by atoms with Gasteiger partial charge in [-0.3, -0.25) is 42.5 Å². The van der Waals surface area contributed by atoms with Crippen molar-refractivity contribution in [2.75, 3.05) is 42.7 Å². The van der Waals surface area contributed by atoms with Crippen LogP contribution in [-0.2, 0) is 28.4 Å². The van der Waals surface area contributed by atoms with Gasteiger partial charge in [0.2, 0.25) is 0 Å². The minimum Gasteiger partial charge on any atom is -0.381 e. The van der Waals surface area contributed by atoms with Gasteiger partial charge in [0.25, 0.3) is 0 Å². The number of ether oxygens (including phenoxy) is 6. The predicted molar refractivity (Wildman–Crippen MR) is 284 cm³/mol. The Bertz CT molecular complexity index is 1830. The summed E-state index contributed by atoms with van der Waals surface area (Å²) in [4.78, 5) is 0. The molecule has 0 radical (unpaired) electrons. The van der Waals surface area contributed by atoms with Crippen LogP contribution < -0.4 is 42.5 Å². The van der Waals surface area contributed by atoms with Crippen molar-refractivity contribution in [2.45, 2.75) is 215 Å². The lowest BCUT2D eigenvalue weighted by Crippen LogP contribution is -2.63. The van der Waals surface area contributed by atoms with Crippen LogP contribution in [-0.4, -0.2) is 129 Å². The third-order valence-electron chi connectivity index (χ3n) is 26.1. The molecule has 0 aromatic rings. The van der Waals surface area contributed by atoms with Crippen LogP contribution in [0, 0.1) is 118 Å². The molecule has 0 aromatic heterocycles. The Morgan fingerprint density at radius 2 is 0.446 bits per heavy atom. The van der Waals surface area contributed by atoms with E-state index in [9.17, 15) is 0 Å². The molecule has 0 spiro atoms. The van der Waals surface area contributed by atoms with Crippen LogP contribution in [0.15, 0.2) is 0 Å². The standard InChI is InChI=1S/C60H102N8O6/c1-27-31-19-11-13-21-33(31)47(69-3)41-39(27)53-61-55(41)65-59-45-46(52(74-8)38-26-30-18-10-9-17-29(30)25-37(38)51(45)73-7)60(68-59)66-56-42-40(28(2)32-20-12-14-22-34(32)48(42)70-4)54(62-56)64-58-44-43(57(63-53)67-58)49(71-5)35-23-15-16-24-36(35)50(44)72-6/h27-68H,9-26H2,1-8H3. The molecule has 8 bridgehead atoms. The third-order valence-corrected chi connectivity index (χ3v) is 26.1. The third kappa shape index (κ3) is 7.93. The predicted octanol–water partition coefficient (Wildman–Crippen LogP) is 5.98. The summed E-state index contributed by atoms with van der Waals surface area (Å²) in [7, 11) is 12.2. The largest absolute Gasteiger partial charge is 0.381 e. The average Bonchev–Trinajstić information content (AvgIpc) is 4.18. The Kier molecular flexibility index (Phi) is 14.5. The van der Waals surface area contributed by atoms with Crippen LogP contribution in [0.5, 0.6) is 0 Å². The second-order valence-electron chi connectivity index (χ2n) is 28.1. The molecule has 9 aliphatic carbocycles. The summed E-state index contributed by atoms with van der Waals surface area (Å²) in [5.41, 5.74) is 0. The fourth-order valence-electron chi connectivity index (χ4n) is 23.7. The molecule has 14 aliphatic rings. The SMILES string of the molecule is COC1C2CCCCC2C(C)C2C3NC(NC4NC(NC5NC(NC6NC(N3)C3C(OC)C7CCCCC7C(OC)C63)C3C(C)C6CCCCC6C(OC)C53)C3C(OC)C5CC6CCCCC6CC5C(OC)C43)C12. The van der Waals surface area contributed by atoms with Crippen LogP contribution >= 0.6 is 0 Å². The Hall–Kier alpha value is -0.560. The van der Waals surface area contributed by atoms with E-state index in [1.165, 1.54) is 116 Å². The maximum atomic E-state index is 7.06. The number of nitrogens with one attached hydrogen (secondary N) is 8. The van der Waals surface area contributed by atoms with Crippen molar-refractivity contribution in [1.82, 2.24) is 42.5 Å². The smallest absolute Gasteiger partial charge is 0.0663 e. The summed E-state index contributed by atoms with van der Waals surface area (Å²) in [5.74, 6) is 9.35. The highest BCUT2D eigenvalue weighted by Gasteiger charge is 2.68. The first-order chi connectivity index (χ1) is 36.3. The topological polar surface area (TPSA) is 152 Å². The Morgan fingerprint density at radius 3 is 0.716 bits per heavy atom. The second-order valence-corrected chi connectivity index (χ2v) is 28.1. The highest BCUT2D eigenvalue weighted by molar-refractivity contribution is 5.19. The number of hydrogen-bond acceptors (Lipinski definition) is 14. The van der Waals surface area contributed by atoms with E-state index < -0.39 is 0 Å². The van der Waals surface area contributed by atoms with Crippen LogP contribution in [0.3, 0.4) is 0 Å². The van der Waals surface area contributed by atoms with Gasteiger partial charge in [-0.25, -0.2) is 0 Å². The van der Waals surface area contributed by atoms with Crippen molar-refractivity contribution in [1.29, 1.82) is 0 Å². The second kappa shape index (κ2) is 20.8. The van der Waals surface area contributed by atoms with E-state index in [2.05, 4.69) is 56.4 Å². The van der Waals surface area contributed by atoms with Crippen molar-refractivity contribution in [3.05, 3.63) is 0 Å². The molecule has 14 rings (SSSR count). The number of hydrogen-bond donors (Lipinski definition) is 8. The summed E-state index contributed by atoms with van der Waals surface area (Å²) in [6.07, 6.45) is 24.7. The monoisotopic (exact) mass is 1030 g/mol. The summed E-state index contributed by atoms with van der Waals surface area (Å²) < 4.78 is 41.8. The molecule has 74 heavy (non-hydrogen) atoms. The van der Waals surface area contributed by atoms with Crippen LogP contribution in [0.1, 0.15) is 129 Å². The summed E-state index contributed by atoms with van der Waals surface area (Å²) in [6, 6.07) is 0. The van der Waals surface area contributed by atoms with E-state index >= 15 is 0 Å². The van der Waals surface area contributed by atoms with Crippen molar-refractivity contribution in [3.8, 4) is 0 Å². The molecule has 14 nitrogen and oxygen atoms in total. The molecule has 5 aliphatic heterocycles. The normalized spacial score (nSPS) is 59.4. The van der Waals surface area contributed by atoms with Gasteiger partial charge in [0.15, 0.2) is 0 Å². The number of methoxy groups -OCH3 is 6. The lowest BCUT2D eigenvalue weighted by Gasteiger charge is -2.56. The summed E-state index contributed by atoms with van der Waals surface area (Å²) in [6.45, 7) is 5.25. The fraction of sp³-hybridized carbons (Fsp3) is 1.00. The van der Waals surface area contributed by atoms with Gasteiger partial charge in [-0.2, -0.15) is 0 Å². The van der Waals surface area contributed by atoms with Gasteiger partial charge in [0.1, 0.15) is 0 Å². The van der Waals surface area contributed by atoms with Gasteiger partial charge >= 0.3 is 0 Å². The molecule has 418 valence electrons. The minimum absolute atomic E-state index is 0.00412. The van der Waals surface area contributed by atoms with Gasteiger partial charge in [0, 0.05) is 78.2 Å². The molecular weight excluding hydrogens is 929 g/mol. The van der Waals surface area contributed by atoms with E-state index in [0.717, 1.165) is 11.8 Å². The highest BCUT2D eigenvalue weighted by atomic mass is 16.5. The van der Waals surface area contributed by atoms with Crippen molar-refractivity contribution < 1.29 is 28.4 Å². The summed E-state index contributed by atoms with van der Waals surface area (Å²) in [5, 5.41) is 36.0. The van der Waals surface area contributed by atoms with Gasteiger partial charge in [-0.15, -0.1) is 0 Å². The van der Waals surface area contributed by atoms with Gasteiger partial charge < -0.3 is 28.4 Å². The molecular formula is C60H102N8O6. The minimum atomic E-state index is 0.00412. The zero-order valence-electron chi connectivity index (χ0n) is 46.8. The van der Waals surface area contributed by atoms with Crippen LogP contribution in [0.4, 0.5) is 0 Å². The molecule has 0 amide bonds. The lowest BCUT2D eigenvalue weighted by atomic mass is 9.54. The molecule has 34 atom stereocenters. The van der Waals surface area contributed by atoms with Crippen molar-refractivity contribution in [3.63, 3.8) is 0 Å². The fourth-order valence-corrected chi connectivity index (χ4v) is 23.7. The maximum absolute atomic E-state index is 7.06. The van der Waals surface area contributed by atoms with E-state index in [1.807, 2.05) is 42.7 Å². The quantitative estimate of drug-likeness (QED) is 0.158. The Morgan fingerprint density at radius 1 is 0.243 bits per heavy atom. The van der Waals surface area contributed by atoms with E-state index in [1.54, 1.807) is 0 Å². The van der Waals surface area contributed by atoms with Crippen LogP contribution in [0.2, 0.25) is 0 Å². The molecule has 9 saturated carbocycles. The van der Waals surface area contributed by atoms with Gasteiger partial charge in [0.05, 0.1) is 86.0 Å². The zero-order chi connectivity index (χ0) is 50.3. The molecule has 14 heteroatoms. The number of fused-ring (bicyclic) bond motifs is 25. The highest BCUT2D eigenvalue weighted by Crippen LogP contribution is 2.60. The van der Waals surface area contributed by atoms with Gasteiger partial charge in [-0.1, -0.05) is 78.1 Å². The molecule has 5 saturated heterocycles. The zero-order valence-corrected chi connectivity index (χ0v) is 46.8. The summed E-state index contributed by atoms with van der Waals surface area (Å²) >= 11 is 0. The first-order valence-electron chi connectivity index (χ1n) is 31.5. The number of rotatable bonds is 6. The van der Waals surface area contributed by atoms with E-state index in [0.29, 0.717) is 82.9 Å². The Balaban J connectivity index is 0.905. The average molecular weight is 1030 g/mol. The first-order valence-corrected chi connectivity index (χ1v) is 31.5. The first kappa shape index (κ1) is 51.6. The van der Waals surface area contributed by atoms with E-state index in [4.69, 9.17) is 28.4 Å². The van der Waals surface area contributed by atoms with Crippen molar-refractivity contribution >= 4 is 0 Å². The molecule has 34 unspecified atom stereocenters. The molecule has 8 N–H and O–H groups in total. The van der Waals surface area contributed by atoms with Crippen LogP contribution in [0.25, 0.3) is 0 Å². The lowest BCUT2D eigenvalue weighted by molar-refractivity contribution is -0.171. The Labute approximate surface area is 445 Å². The molecule has 14 fully saturated rings. The van der Waals surface area contributed by atoms with Crippen molar-refractivity contribution in [2.24, 2.45) is 118 Å². The molecule has 5 heterocycles. The maximum Gasteiger partial charge on any atom is 0.0663 e. The van der Waals surface area contributed by atoms with Gasteiger partial charge in [-0.05, 0) is 134 Å². The van der Waals surface area contributed by atoms with E-state index in [-0.39, 0.29) is 110 Å². The molecule has 0 aromatic carbocycles.